The van der Waals surface area contributed by atoms with E-state index in [0.29, 0.717) is 13.1 Å². The fourth-order valence-electron chi connectivity index (χ4n) is 3.50. The molecule has 1 aromatic rings. The third-order valence-electron chi connectivity index (χ3n) is 4.93. The van der Waals surface area contributed by atoms with E-state index in [0.717, 1.165) is 56.9 Å². The van der Waals surface area contributed by atoms with E-state index < -0.39 is 0 Å². The van der Waals surface area contributed by atoms with Gasteiger partial charge in [0.05, 0.1) is 18.2 Å². The number of guanidine groups is 1. The molecule has 3 rings (SSSR count). The van der Waals surface area contributed by atoms with Gasteiger partial charge in [-0.3, -0.25) is 9.98 Å². The van der Waals surface area contributed by atoms with Gasteiger partial charge in [-0.05, 0) is 44.7 Å². The predicted molar refractivity (Wildman–Crippen MR) is 98.6 cm³/mol. The zero-order valence-electron chi connectivity index (χ0n) is 15.1. The molecule has 3 atom stereocenters. The fraction of sp³-hybridized carbons (Fsp3) is 0.684. The summed E-state index contributed by atoms with van der Waals surface area (Å²) in [5.74, 6) is 0.887. The molecule has 0 aromatic carbocycles. The SMILES string of the molecule is CC(NC(=NCCc1ccccn1)N1CCCC(O)C1)C1CCCO1. The number of aliphatic hydroxyl groups is 1. The lowest BCUT2D eigenvalue weighted by Crippen LogP contribution is -2.52. The number of piperidine rings is 1. The molecule has 3 heterocycles. The summed E-state index contributed by atoms with van der Waals surface area (Å²) in [4.78, 5) is 11.4. The van der Waals surface area contributed by atoms with E-state index in [-0.39, 0.29) is 18.2 Å². The second kappa shape index (κ2) is 9.15. The molecule has 6 heteroatoms. The third-order valence-corrected chi connectivity index (χ3v) is 4.93. The molecule has 0 bridgehead atoms. The van der Waals surface area contributed by atoms with Crippen LogP contribution in [0.3, 0.4) is 0 Å². The smallest absolute Gasteiger partial charge is 0.194 e. The van der Waals surface area contributed by atoms with Crippen molar-refractivity contribution in [2.24, 2.45) is 4.99 Å². The Kier molecular flexibility index (Phi) is 6.64. The molecule has 0 amide bonds. The summed E-state index contributed by atoms with van der Waals surface area (Å²) in [6, 6.07) is 6.18. The van der Waals surface area contributed by atoms with Gasteiger partial charge < -0.3 is 20.1 Å². The first-order chi connectivity index (χ1) is 12.2. The van der Waals surface area contributed by atoms with E-state index in [1.165, 1.54) is 0 Å². The van der Waals surface area contributed by atoms with E-state index in [1.54, 1.807) is 0 Å². The van der Waals surface area contributed by atoms with Gasteiger partial charge in [0, 0.05) is 44.6 Å². The maximum Gasteiger partial charge on any atom is 0.194 e. The van der Waals surface area contributed by atoms with Crippen LogP contribution in [-0.4, -0.2) is 65.4 Å². The zero-order valence-corrected chi connectivity index (χ0v) is 15.1. The Morgan fingerprint density at radius 3 is 3.08 bits per heavy atom. The maximum absolute atomic E-state index is 10.0. The molecular formula is C19H30N4O2. The monoisotopic (exact) mass is 346 g/mol. The standard InChI is InChI=1S/C19H30N4O2/c1-15(18-8-5-13-25-18)22-19(23-12-4-7-17(24)14-23)21-11-9-16-6-2-3-10-20-16/h2-3,6,10,15,17-18,24H,4-5,7-9,11-14H2,1H3,(H,21,22). The van der Waals surface area contributed by atoms with Crippen LogP contribution in [0.5, 0.6) is 0 Å². The number of β-amino-alcohol motifs (C(OH)–C–C–N with tert-alkyl or cyclic N) is 1. The normalized spacial score (nSPS) is 25.8. The minimum absolute atomic E-state index is 0.218. The van der Waals surface area contributed by atoms with Gasteiger partial charge in [-0.1, -0.05) is 6.07 Å². The first kappa shape index (κ1) is 18.1. The molecule has 0 saturated carbocycles. The van der Waals surface area contributed by atoms with E-state index in [4.69, 9.17) is 9.73 Å². The Morgan fingerprint density at radius 2 is 2.36 bits per heavy atom. The Labute approximate surface area is 150 Å². The Bertz CT molecular complexity index is 546. The molecule has 2 N–H and O–H groups in total. The van der Waals surface area contributed by atoms with Crippen molar-refractivity contribution in [2.75, 3.05) is 26.2 Å². The lowest BCUT2D eigenvalue weighted by Gasteiger charge is -2.35. The number of likely N-dealkylation sites (tertiary alicyclic amines) is 1. The van der Waals surface area contributed by atoms with Crippen LogP contribution in [0.25, 0.3) is 0 Å². The average molecular weight is 346 g/mol. The molecule has 25 heavy (non-hydrogen) atoms. The highest BCUT2D eigenvalue weighted by Crippen LogP contribution is 2.16. The number of pyridine rings is 1. The average Bonchev–Trinajstić information content (AvgIpc) is 3.16. The van der Waals surface area contributed by atoms with Gasteiger partial charge in [0.2, 0.25) is 0 Å². The Morgan fingerprint density at radius 1 is 1.44 bits per heavy atom. The number of hydrogen-bond acceptors (Lipinski definition) is 4. The van der Waals surface area contributed by atoms with Crippen LogP contribution in [0.4, 0.5) is 0 Å². The Hall–Kier alpha value is -1.66. The summed E-state index contributed by atoms with van der Waals surface area (Å²) in [5, 5.41) is 13.6. The van der Waals surface area contributed by atoms with Crippen molar-refractivity contribution in [2.45, 2.75) is 57.3 Å². The zero-order chi connectivity index (χ0) is 17.5. The van der Waals surface area contributed by atoms with Crippen molar-refractivity contribution in [3.8, 4) is 0 Å². The molecule has 2 aliphatic heterocycles. The van der Waals surface area contributed by atoms with Gasteiger partial charge in [-0.15, -0.1) is 0 Å². The molecule has 2 fully saturated rings. The summed E-state index contributed by atoms with van der Waals surface area (Å²) in [6.45, 7) is 5.28. The minimum Gasteiger partial charge on any atom is -0.391 e. The number of ether oxygens (including phenoxy) is 1. The van der Waals surface area contributed by atoms with Gasteiger partial charge in [0.1, 0.15) is 0 Å². The minimum atomic E-state index is -0.269. The predicted octanol–water partition coefficient (Wildman–Crippen LogP) is 1.59. The summed E-state index contributed by atoms with van der Waals surface area (Å²) in [5.41, 5.74) is 1.05. The van der Waals surface area contributed by atoms with Crippen LogP contribution in [0.15, 0.2) is 29.4 Å². The lowest BCUT2D eigenvalue weighted by molar-refractivity contribution is 0.0832. The highest BCUT2D eigenvalue weighted by Gasteiger charge is 2.26. The van der Waals surface area contributed by atoms with E-state index in [9.17, 15) is 5.11 Å². The molecule has 6 nitrogen and oxygen atoms in total. The van der Waals surface area contributed by atoms with Crippen LogP contribution in [0, 0.1) is 0 Å². The van der Waals surface area contributed by atoms with Crippen molar-refractivity contribution >= 4 is 5.96 Å². The number of hydrogen-bond donors (Lipinski definition) is 2. The number of aliphatic hydroxyl groups excluding tert-OH is 1. The van der Waals surface area contributed by atoms with Crippen molar-refractivity contribution in [3.63, 3.8) is 0 Å². The molecular weight excluding hydrogens is 316 g/mol. The van der Waals surface area contributed by atoms with Crippen molar-refractivity contribution in [3.05, 3.63) is 30.1 Å². The highest BCUT2D eigenvalue weighted by atomic mass is 16.5. The fourth-order valence-corrected chi connectivity index (χ4v) is 3.50. The first-order valence-electron chi connectivity index (χ1n) is 9.48. The molecule has 0 radical (unpaired) electrons. The molecule has 1 aromatic heterocycles. The second-order valence-electron chi connectivity index (χ2n) is 7.00. The summed E-state index contributed by atoms with van der Waals surface area (Å²) < 4.78 is 5.80. The largest absolute Gasteiger partial charge is 0.391 e. The van der Waals surface area contributed by atoms with Gasteiger partial charge in [-0.25, -0.2) is 0 Å². The van der Waals surface area contributed by atoms with Crippen molar-refractivity contribution in [1.82, 2.24) is 15.2 Å². The summed E-state index contributed by atoms with van der Waals surface area (Å²) >= 11 is 0. The van der Waals surface area contributed by atoms with Crippen molar-refractivity contribution in [1.29, 1.82) is 0 Å². The molecule has 2 saturated heterocycles. The third kappa shape index (κ3) is 5.41. The van der Waals surface area contributed by atoms with Gasteiger partial charge in [0.15, 0.2) is 5.96 Å². The second-order valence-corrected chi connectivity index (χ2v) is 7.00. The Balaban J connectivity index is 1.63. The van der Waals surface area contributed by atoms with E-state index in [2.05, 4.69) is 22.1 Å². The van der Waals surface area contributed by atoms with Crippen molar-refractivity contribution < 1.29 is 9.84 Å². The molecule has 2 aliphatic rings. The number of nitrogens with one attached hydrogen (secondary N) is 1. The highest BCUT2D eigenvalue weighted by molar-refractivity contribution is 5.80. The van der Waals surface area contributed by atoms with Crippen LogP contribution in [-0.2, 0) is 11.2 Å². The van der Waals surface area contributed by atoms with Crippen LogP contribution < -0.4 is 5.32 Å². The quantitative estimate of drug-likeness (QED) is 0.626. The van der Waals surface area contributed by atoms with Gasteiger partial charge in [0.25, 0.3) is 0 Å². The van der Waals surface area contributed by atoms with E-state index >= 15 is 0 Å². The molecule has 0 spiro atoms. The number of aliphatic imine (C=N–C) groups is 1. The van der Waals surface area contributed by atoms with Gasteiger partial charge >= 0.3 is 0 Å². The molecule has 3 unspecified atom stereocenters. The van der Waals surface area contributed by atoms with Gasteiger partial charge in [-0.2, -0.15) is 0 Å². The first-order valence-corrected chi connectivity index (χ1v) is 9.48. The topological polar surface area (TPSA) is 70.0 Å². The number of aromatic nitrogens is 1. The maximum atomic E-state index is 10.0. The lowest BCUT2D eigenvalue weighted by atomic mass is 10.1. The summed E-state index contributed by atoms with van der Waals surface area (Å²) in [6.07, 6.45) is 6.71. The summed E-state index contributed by atoms with van der Waals surface area (Å²) in [7, 11) is 0. The van der Waals surface area contributed by atoms with Crippen LogP contribution in [0.1, 0.15) is 38.3 Å². The molecule has 138 valence electrons. The number of nitrogens with zero attached hydrogens (tertiary/aromatic N) is 3. The number of rotatable bonds is 5. The van der Waals surface area contributed by atoms with Crippen LogP contribution in [0.2, 0.25) is 0 Å². The molecule has 0 aliphatic carbocycles. The van der Waals surface area contributed by atoms with E-state index in [1.807, 2.05) is 24.4 Å². The van der Waals surface area contributed by atoms with Crippen LogP contribution >= 0.6 is 0 Å².